The largest absolute Gasteiger partial charge is 0.481 e. The van der Waals surface area contributed by atoms with Gasteiger partial charge in [-0.1, -0.05) is 18.2 Å². The molecule has 0 atom stereocenters. The van der Waals surface area contributed by atoms with Crippen LogP contribution in [0.2, 0.25) is 0 Å². The highest BCUT2D eigenvalue weighted by Gasteiger charge is 2.27. The van der Waals surface area contributed by atoms with Crippen LogP contribution in [0.3, 0.4) is 0 Å². The molecule has 1 aliphatic rings. The molecule has 1 saturated heterocycles. The summed E-state index contributed by atoms with van der Waals surface area (Å²) in [6.07, 6.45) is 1.34. The molecule has 0 spiro atoms. The van der Waals surface area contributed by atoms with Crippen molar-refractivity contribution in [3.05, 3.63) is 35.9 Å². The van der Waals surface area contributed by atoms with E-state index in [1.807, 2.05) is 18.2 Å². The van der Waals surface area contributed by atoms with Gasteiger partial charge in [-0.15, -0.1) is 0 Å². The summed E-state index contributed by atoms with van der Waals surface area (Å²) in [5.74, 6) is 4.09. The Hall–Kier alpha value is -2.41. The quantitative estimate of drug-likeness (QED) is 0.421. The van der Waals surface area contributed by atoms with E-state index in [0.717, 1.165) is 6.92 Å². The smallest absolute Gasteiger partial charge is 0.300 e. The van der Waals surface area contributed by atoms with Crippen LogP contribution in [-0.2, 0) is 9.59 Å². The highest BCUT2D eigenvalue weighted by molar-refractivity contribution is 5.94. The van der Waals surface area contributed by atoms with Crippen LogP contribution in [0.1, 0.15) is 30.1 Å². The summed E-state index contributed by atoms with van der Waals surface area (Å²) in [4.78, 5) is 34.3. The first kappa shape index (κ1) is 17.6. The van der Waals surface area contributed by atoms with Crippen LogP contribution in [0.15, 0.2) is 30.3 Å². The molecule has 0 saturated carbocycles. The van der Waals surface area contributed by atoms with E-state index in [9.17, 15) is 9.59 Å². The predicted octanol–water partition coefficient (Wildman–Crippen LogP) is 0.620. The average Bonchev–Trinajstić information content (AvgIpc) is 2.54. The van der Waals surface area contributed by atoms with Crippen LogP contribution in [0, 0.1) is 5.92 Å². The summed E-state index contributed by atoms with van der Waals surface area (Å²) in [5.41, 5.74) is 2.86. The minimum absolute atomic E-state index is 0.0298. The van der Waals surface area contributed by atoms with E-state index in [1.54, 1.807) is 17.0 Å². The van der Waals surface area contributed by atoms with E-state index in [1.165, 1.54) is 0 Å². The molecule has 0 bridgehead atoms. The molecule has 7 nitrogen and oxygen atoms in total. The SMILES string of the molecule is CC(=O)O.NNC(=O)C1CCN(C(=O)c2ccccc2)CC1. The number of hydrogen-bond acceptors (Lipinski definition) is 4. The van der Waals surface area contributed by atoms with Crippen molar-refractivity contribution >= 4 is 17.8 Å². The Labute approximate surface area is 129 Å². The zero-order valence-electron chi connectivity index (χ0n) is 12.5. The predicted molar refractivity (Wildman–Crippen MR) is 80.7 cm³/mol. The number of hydrazine groups is 1. The Bertz CT molecular complexity index is 507. The number of amides is 2. The first-order chi connectivity index (χ1) is 10.5. The number of rotatable bonds is 2. The Kier molecular flexibility index (Phi) is 7.04. The molecule has 0 unspecified atom stereocenters. The van der Waals surface area contributed by atoms with E-state index in [0.29, 0.717) is 31.5 Å². The van der Waals surface area contributed by atoms with Crippen LogP contribution in [0.4, 0.5) is 0 Å². The summed E-state index contributed by atoms with van der Waals surface area (Å²) in [7, 11) is 0. The van der Waals surface area contributed by atoms with Gasteiger partial charge in [0.25, 0.3) is 11.9 Å². The number of aliphatic carboxylic acids is 1. The second-order valence-corrected chi connectivity index (χ2v) is 4.96. The maximum absolute atomic E-state index is 12.1. The van der Waals surface area contributed by atoms with Crippen molar-refractivity contribution in [2.75, 3.05) is 13.1 Å². The number of nitrogens with one attached hydrogen (secondary N) is 1. The van der Waals surface area contributed by atoms with Gasteiger partial charge in [-0.25, -0.2) is 5.84 Å². The van der Waals surface area contributed by atoms with Gasteiger partial charge in [-0.3, -0.25) is 19.8 Å². The second kappa shape index (κ2) is 8.78. The molecule has 2 amide bonds. The van der Waals surface area contributed by atoms with Crippen LogP contribution < -0.4 is 11.3 Å². The van der Waals surface area contributed by atoms with Crippen LogP contribution in [-0.4, -0.2) is 40.9 Å². The number of carbonyl (C=O) groups is 3. The lowest BCUT2D eigenvalue weighted by Gasteiger charge is -2.31. The van der Waals surface area contributed by atoms with Gasteiger partial charge < -0.3 is 10.0 Å². The molecule has 120 valence electrons. The third-order valence-corrected chi connectivity index (χ3v) is 3.32. The first-order valence-electron chi connectivity index (χ1n) is 7.00. The number of carboxylic acids is 1. The van der Waals surface area contributed by atoms with Gasteiger partial charge in [0, 0.05) is 31.5 Å². The number of carboxylic acid groups (broad SMARTS) is 1. The molecule has 2 rings (SSSR count). The highest BCUT2D eigenvalue weighted by Crippen LogP contribution is 2.18. The van der Waals surface area contributed by atoms with E-state index < -0.39 is 5.97 Å². The minimum Gasteiger partial charge on any atom is -0.481 e. The maximum Gasteiger partial charge on any atom is 0.300 e. The number of nitrogens with two attached hydrogens (primary N) is 1. The maximum atomic E-state index is 12.1. The number of likely N-dealkylation sites (tertiary alicyclic amines) is 1. The Balaban J connectivity index is 0.000000541. The fourth-order valence-corrected chi connectivity index (χ4v) is 2.23. The van der Waals surface area contributed by atoms with Crippen molar-refractivity contribution in [2.45, 2.75) is 19.8 Å². The molecule has 1 fully saturated rings. The van der Waals surface area contributed by atoms with Crippen molar-refractivity contribution < 1.29 is 19.5 Å². The van der Waals surface area contributed by atoms with Gasteiger partial charge in [0.05, 0.1) is 0 Å². The summed E-state index contributed by atoms with van der Waals surface area (Å²) >= 11 is 0. The van der Waals surface area contributed by atoms with E-state index in [2.05, 4.69) is 5.43 Å². The van der Waals surface area contributed by atoms with Crippen molar-refractivity contribution in [1.29, 1.82) is 0 Å². The molecule has 7 heteroatoms. The van der Waals surface area contributed by atoms with Gasteiger partial charge in [0.2, 0.25) is 5.91 Å². The molecular weight excluding hydrogens is 286 g/mol. The molecule has 4 N–H and O–H groups in total. The number of hydrogen-bond donors (Lipinski definition) is 3. The van der Waals surface area contributed by atoms with E-state index in [-0.39, 0.29) is 17.7 Å². The summed E-state index contributed by atoms with van der Waals surface area (Å²) < 4.78 is 0. The van der Waals surface area contributed by atoms with Gasteiger partial charge in [-0.05, 0) is 25.0 Å². The van der Waals surface area contributed by atoms with Crippen molar-refractivity contribution in [2.24, 2.45) is 11.8 Å². The van der Waals surface area contributed by atoms with Crippen LogP contribution in [0.5, 0.6) is 0 Å². The van der Waals surface area contributed by atoms with Gasteiger partial charge in [0.1, 0.15) is 0 Å². The Morgan fingerprint density at radius 2 is 1.68 bits per heavy atom. The molecule has 1 aromatic rings. The van der Waals surface area contributed by atoms with Crippen LogP contribution in [0.25, 0.3) is 0 Å². The zero-order valence-corrected chi connectivity index (χ0v) is 12.5. The van der Waals surface area contributed by atoms with Gasteiger partial charge >= 0.3 is 0 Å². The fourth-order valence-electron chi connectivity index (χ4n) is 2.23. The molecule has 1 aromatic carbocycles. The van der Waals surface area contributed by atoms with Gasteiger partial charge in [-0.2, -0.15) is 0 Å². The lowest BCUT2D eigenvalue weighted by atomic mass is 9.95. The molecule has 0 radical (unpaired) electrons. The highest BCUT2D eigenvalue weighted by atomic mass is 16.4. The van der Waals surface area contributed by atoms with Crippen molar-refractivity contribution in [3.8, 4) is 0 Å². The fraction of sp³-hybridized carbons (Fsp3) is 0.400. The molecule has 0 aromatic heterocycles. The number of benzene rings is 1. The Morgan fingerprint density at radius 3 is 2.14 bits per heavy atom. The van der Waals surface area contributed by atoms with Crippen molar-refractivity contribution in [1.82, 2.24) is 10.3 Å². The second-order valence-electron chi connectivity index (χ2n) is 4.96. The van der Waals surface area contributed by atoms with Crippen molar-refractivity contribution in [3.63, 3.8) is 0 Å². The lowest BCUT2D eigenvalue weighted by Crippen LogP contribution is -2.44. The third-order valence-electron chi connectivity index (χ3n) is 3.32. The van der Waals surface area contributed by atoms with Crippen LogP contribution >= 0.6 is 0 Å². The average molecular weight is 307 g/mol. The van der Waals surface area contributed by atoms with Gasteiger partial charge in [0.15, 0.2) is 0 Å². The van der Waals surface area contributed by atoms with E-state index >= 15 is 0 Å². The summed E-state index contributed by atoms with van der Waals surface area (Å²) in [5, 5.41) is 7.42. The number of piperidine rings is 1. The number of nitrogens with zero attached hydrogens (tertiary/aromatic N) is 1. The topological polar surface area (TPSA) is 113 Å². The third kappa shape index (κ3) is 5.53. The minimum atomic E-state index is -0.833. The Morgan fingerprint density at radius 1 is 1.18 bits per heavy atom. The molecule has 1 heterocycles. The molecule has 22 heavy (non-hydrogen) atoms. The number of carbonyl (C=O) groups excluding carboxylic acids is 2. The van der Waals surface area contributed by atoms with E-state index in [4.69, 9.17) is 15.7 Å². The lowest BCUT2D eigenvalue weighted by molar-refractivity contribution is -0.134. The standard InChI is InChI=1S/C13H17N3O2.C2H4O2/c14-15-12(17)10-6-8-16(9-7-10)13(18)11-4-2-1-3-5-11;1-2(3)4/h1-5,10H,6-9,14H2,(H,15,17);1H3,(H,3,4). The first-order valence-corrected chi connectivity index (χ1v) is 7.00. The molecule has 1 aliphatic heterocycles. The summed E-state index contributed by atoms with van der Waals surface area (Å²) in [6, 6.07) is 9.19. The zero-order chi connectivity index (χ0) is 16.5. The molecular formula is C15H21N3O4. The summed E-state index contributed by atoms with van der Waals surface area (Å²) in [6.45, 7) is 2.29. The normalized spacial score (nSPS) is 14.5. The molecule has 0 aliphatic carbocycles. The monoisotopic (exact) mass is 307 g/mol.